The predicted octanol–water partition coefficient (Wildman–Crippen LogP) is 5.34. The van der Waals surface area contributed by atoms with Gasteiger partial charge in [0.15, 0.2) is 5.88 Å². The van der Waals surface area contributed by atoms with E-state index in [1.807, 2.05) is 18.2 Å². The number of nitrogens with one attached hydrogen (secondary N) is 1. The lowest BCUT2D eigenvalue weighted by Gasteiger charge is -2.12. The van der Waals surface area contributed by atoms with Crippen molar-refractivity contribution in [3.05, 3.63) is 90.0 Å². The number of ether oxygens (including phenoxy) is 1. The third-order valence-corrected chi connectivity index (χ3v) is 4.64. The van der Waals surface area contributed by atoms with Crippen molar-refractivity contribution in [3.8, 4) is 17.0 Å². The number of hydrogen-bond donors (Lipinski definition) is 2. The predicted molar refractivity (Wildman–Crippen MR) is 115 cm³/mol. The maximum absolute atomic E-state index is 6.21. The van der Waals surface area contributed by atoms with Crippen LogP contribution in [-0.2, 0) is 13.0 Å². The van der Waals surface area contributed by atoms with Gasteiger partial charge in [-0.1, -0.05) is 72.8 Å². The van der Waals surface area contributed by atoms with Crippen LogP contribution in [0.15, 0.2) is 78.9 Å². The maximum Gasteiger partial charge on any atom is 0.195 e. The summed E-state index contributed by atoms with van der Waals surface area (Å²) >= 11 is 0. The average Bonchev–Trinajstić information content (AvgIpc) is 3.05. The number of aromatic nitrogens is 1. The summed E-state index contributed by atoms with van der Waals surface area (Å²) in [6.45, 7) is 1.11. The van der Waals surface area contributed by atoms with Crippen LogP contribution in [0.3, 0.4) is 0 Å². The Hall–Kier alpha value is -2.75. The van der Waals surface area contributed by atoms with Crippen LogP contribution in [0.2, 0.25) is 0 Å². The van der Waals surface area contributed by atoms with Gasteiger partial charge in [-0.15, -0.1) is 12.4 Å². The fraction of sp³-hybridized carbons (Fsp3) is 0.130. The molecule has 0 unspecified atom stereocenters. The Labute approximate surface area is 165 Å². The van der Waals surface area contributed by atoms with E-state index in [9.17, 15) is 0 Å². The van der Waals surface area contributed by atoms with Crippen molar-refractivity contribution in [2.45, 2.75) is 13.0 Å². The number of benzene rings is 3. The Morgan fingerprint density at radius 3 is 2.33 bits per heavy atom. The monoisotopic (exact) mass is 378 g/mol. The van der Waals surface area contributed by atoms with E-state index in [1.54, 1.807) is 0 Å². The molecule has 3 aromatic carbocycles. The molecule has 0 radical (unpaired) electrons. The van der Waals surface area contributed by atoms with Gasteiger partial charge >= 0.3 is 0 Å². The van der Waals surface area contributed by atoms with E-state index in [4.69, 9.17) is 10.5 Å². The third kappa shape index (κ3) is 4.00. The normalized spacial score (nSPS) is 10.6. The number of fused-ring (bicyclic) bond motifs is 1. The van der Waals surface area contributed by atoms with E-state index in [-0.39, 0.29) is 12.4 Å². The highest BCUT2D eigenvalue weighted by atomic mass is 35.5. The van der Waals surface area contributed by atoms with Crippen LogP contribution in [-0.4, -0.2) is 11.5 Å². The SMILES string of the molecule is Cl.NCCc1c(OCc2ccccc2-c2ccccc2)[nH]c2ccccc12. The van der Waals surface area contributed by atoms with Crippen LogP contribution in [0, 0.1) is 0 Å². The van der Waals surface area contributed by atoms with E-state index in [0.717, 1.165) is 28.9 Å². The Morgan fingerprint density at radius 1 is 0.815 bits per heavy atom. The van der Waals surface area contributed by atoms with Crippen molar-refractivity contribution in [1.29, 1.82) is 0 Å². The van der Waals surface area contributed by atoms with Crippen LogP contribution in [0.5, 0.6) is 5.88 Å². The molecule has 4 rings (SSSR count). The zero-order valence-corrected chi connectivity index (χ0v) is 15.8. The number of nitrogens with two attached hydrogens (primary N) is 1. The Balaban J connectivity index is 0.00000210. The number of halogens is 1. The highest BCUT2D eigenvalue weighted by Crippen LogP contribution is 2.30. The second-order valence-corrected chi connectivity index (χ2v) is 6.33. The van der Waals surface area contributed by atoms with Gasteiger partial charge in [-0.25, -0.2) is 0 Å². The highest BCUT2D eigenvalue weighted by molar-refractivity contribution is 5.86. The molecule has 1 heterocycles. The van der Waals surface area contributed by atoms with E-state index in [1.165, 1.54) is 16.5 Å². The Bertz CT molecular complexity index is 1010. The summed E-state index contributed by atoms with van der Waals surface area (Å²) in [4.78, 5) is 3.40. The number of para-hydroxylation sites is 1. The molecule has 0 aliphatic rings. The van der Waals surface area contributed by atoms with Crippen LogP contribution in [0.1, 0.15) is 11.1 Å². The van der Waals surface area contributed by atoms with Crippen LogP contribution in [0.25, 0.3) is 22.0 Å². The van der Waals surface area contributed by atoms with E-state index in [0.29, 0.717) is 13.2 Å². The second-order valence-electron chi connectivity index (χ2n) is 6.33. The molecule has 4 heteroatoms. The standard InChI is InChI=1S/C23H22N2O.ClH/c24-15-14-21-20-12-6-7-13-22(20)25-23(21)26-16-18-10-4-5-11-19(18)17-8-2-1-3-9-17;/h1-13,25H,14-16,24H2;1H. The first-order valence-electron chi connectivity index (χ1n) is 8.92. The molecule has 0 aliphatic heterocycles. The maximum atomic E-state index is 6.21. The molecule has 0 saturated heterocycles. The summed E-state index contributed by atoms with van der Waals surface area (Å²) in [6, 6.07) is 27.0. The van der Waals surface area contributed by atoms with Crippen LogP contribution in [0.4, 0.5) is 0 Å². The smallest absolute Gasteiger partial charge is 0.195 e. The van der Waals surface area contributed by atoms with Gasteiger partial charge in [-0.3, -0.25) is 0 Å². The van der Waals surface area contributed by atoms with Crippen molar-refractivity contribution >= 4 is 23.3 Å². The molecule has 4 aromatic rings. The third-order valence-electron chi connectivity index (χ3n) is 4.64. The number of H-pyrrole nitrogens is 1. The van der Waals surface area contributed by atoms with Gasteiger partial charge in [0.25, 0.3) is 0 Å². The summed E-state index contributed by atoms with van der Waals surface area (Å²) < 4.78 is 6.21. The van der Waals surface area contributed by atoms with Gasteiger partial charge < -0.3 is 15.5 Å². The van der Waals surface area contributed by atoms with Crippen molar-refractivity contribution in [2.75, 3.05) is 6.54 Å². The van der Waals surface area contributed by atoms with Crippen LogP contribution < -0.4 is 10.5 Å². The van der Waals surface area contributed by atoms with Gasteiger partial charge in [0.1, 0.15) is 6.61 Å². The molecule has 0 fully saturated rings. The zero-order valence-electron chi connectivity index (χ0n) is 15.0. The summed E-state index contributed by atoms with van der Waals surface area (Å²) in [6.07, 6.45) is 0.791. The van der Waals surface area contributed by atoms with E-state index >= 15 is 0 Å². The number of aromatic amines is 1. The first-order valence-corrected chi connectivity index (χ1v) is 8.92. The molecule has 0 saturated carbocycles. The molecule has 138 valence electrons. The number of hydrogen-bond acceptors (Lipinski definition) is 2. The molecule has 0 aliphatic carbocycles. The minimum absolute atomic E-state index is 0. The van der Waals surface area contributed by atoms with Crippen molar-refractivity contribution in [2.24, 2.45) is 5.73 Å². The molecule has 3 N–H and O–H groups in total. The second kappa shape index (κ2) is 8.76. The van der Waals surface area contributed by atoms with Gasteiger partial charge in [-0.2, -0.15) is 0 Å². The number of rotatable bonds is 6. The molecular formula is C23H23ClN2O. The van der Waals surface area contributed by atoms with Crippen LogP contribution >= 0.6 is 12.4 Å². The summed E-state index contributed by atoms with van der Waals surface area (Å²) in [5.41, 5.74) is 11.6. The molecule has 0 amide bonds. The fourth-order valence-electron chi connectivity index (χ4n) is 3.39. The molecule has 27 heavy (non-hydrogen) atoms. The highest BCUT2D eigenvalue weighted by Gasteiger charge is 2.13. The van der Waals surface area contributed by atoms with Crippen molar-refractivity contribution in [1.82, 2.24) is 4.98 Å². The van der Waals surface area contributed by atoms with E-state index < -0.39 is 0 Å². The zero-order chi connectivity index (χ0) is 17.8. The Kier molecular flexibility index (Phi) is 6.17. The van der Waals surface area contributed by atoms with Gasteiger partial charge in [0, 0.05) is 16.5 Å². The van der Waals surface area contributed by atoms with Crippen molar-refractivity contribution in [3.63, 3.8) is 0 Å². The minimum atomic E-state index is 0. The molecule has 3 nitrogen and oxygen atoms in total. The molecule has 0 bridgehead atoms. The quantitative estimate of drug-likeness (QED) is 0.476. The molecule has 1 aromatic heterocycles. The Morgan fingerprint density at radius 2 is 1.52 bits per heavy atom. The summed E-state index contributed by atoms with van der Waals surface area (Å²) in [5, 5.41) is 1.18. The largest absolute Gasteiger partial charge is 0.474 e. The average molecular weight is 379 g/mol. The first-order chi connectivity index (χ1) is 12.9. The van der Waals surface area contributed by atoms with Gasteiger partial charge in [0.05, 0.1) is 0 Å². The fourth-order valence-corrected chi connectivity index (χ4v) is 3.39. The molecule has 0 atom stereocenters. The first kappa shape index (κ1) is 19.0. The van der Waals surface area contributed by atoms with Gasteiger partial charge in [0.2, 0.25) is 0 Å². The van der Waals surface area contributed by atoms with Gasteiger partial charge in [-0.05, 0) is 35.7 Å². The molecular weight excluding hydrogens is 356 g/mol. The lowest BCUT2D eigenvalue weighted by atomic mass is 10.0. The summed E-state index contributed by atoms with van der Waals surface area (Å²) in [5.74, 6) is 0.819. The van der Waals surface area contributed by atoms with E-state index in [2.05, 4.69) is 65.6 Å². The lowest BCUT2D eigenvalue weighted by molar-refractivity contribution is 0.294. The lowest BCUT2D eigenvalue weighted by Crippen LogP contribution is -2.05. The topological polar surface area (TPSA) is 51.0 Å². The minimum Gasteiger partial charge on any atom is -0.474 e. The van der Waals surface area contributed by atoms with Crippen molar-refractivity contribution < 1.29 is 4.74 Å². The summed E-state index contributed by atoms with van der Waals surface area (Å²) in [7, 11) is 0. The molecule has 0 spiro atoms.